The van der Waals surface area contributed by atoms with Crippen molar-refractivity contribution in [3.8, 4) is 0 Å². The van der Waals surface area contributed by atoms with Crippen LogP contribution in [-0.2, 0) is 4.79 Å². The molecule has 1 aliphatic heterocycles. The first-order valence-corrected chi connectivity index (χ1v) is 8.80. The quantitative estimate of drug-likeness (QED) is 0.819. The fourth-order valence-electron chi connectivity index (χ4n) is 3.38. The van der Waals surface area contributed by atoms with Gasteiger partial charge in [-0.15, -0.1) is 0 Å². The van der Waals surface area contributed by atoms with E-state index in [2.05, 4.69) is 9.97 Å². The third-order valence-corrected chi connectivity index (χ3v) is 4.76. The van der Waals surface area contributed by atoms with Crippen molar-refractivity contribution >= 4 is 22.8 Å². The number of carbonyl (C=O) groups excluding carboxylic acids is 2. The predicted octanol–water partition coefficient (Wildman–Crippen LogP) is 0.333. The van der Waals surface area contributed by atoms with E-state index in [9.17, 15) is 14.4 Å². The van der Waals surface area contributed by atoms with Gasteiger partial charge in [-0.25, -0.2) is 4.98 Å². The number of aromatic nitrogens is 2. The molecule has 1 fully saturated rings. The molecular weight excluding hydrogens is 334 g/mol. The van der Waals surface area contributed by atoms with Crippen LogP contribution >= 0.6 is 0 Å². The molecule has 8 nitrogen and oxygen atoms in total. The topological polar surface area (TPSA) is 112 Å². The van der Waals surface area contributed by atoms with E-state index in [-0.39, 0.29) is 24.2 Å². The molecule has 0 spiro atoms. The number of nitrogens with two attached hydrogens (primary N) is 1. The Bertz CT molecular complexity index is 890. The van der Waals surface area contributed by atoms with Crippen molar-refractivity contribution in [3.63, 3.8) is 0 Å². The molecule has 0 saturated carbocycles. The van der Waals surface area contributed by atoms with E-state index < -0.39 is 17.5 Å². The largest absolute Gasteiger partial charge is 0.341 e. The van der Waals surface area contributed by atoms with Crippen LogP contribution < -0.4 is 11.3 Å². The van der Waals surface area contributed by atoms with Crippen molar-refractivity contribution in [2.24, 2.45) is 5.73 Å². The average Bonchev–Trinajstić information content (AvgIpc) is 3.03. The monoisotopic (exact) mass is 357 g/mol. The lowest BCUT2D eigenvalue weighted by Crippen LogP contribution is -2.48. The number of rotatable bonds is 4. The Labute approximate surface area is 151 Å². The molecule has 0 aliphatic carbocycles. The van der Waals surface area contributed by atoms with Gasteiger partial charge in [0.15, 0.2) is 5.69 Å². The van der Waals surface area contributed by atoms with Crippen molar-refractivity contribution in [1.82, 2.24) is 19.8 Å². The Morgan fingerprint density at radius 3 is 2.69 bits per heavy atom. The molecule has 138 valence electrons. The molecular formula is C18H23N5O3. The molecule has 0 unspecified atom stereocenters. The highest BCUT2D eigenvalue weighted by atomic mass is 16.2. The van der Waals surface area contributed by atoms with E-state index >= 15 is 0 Å². The van der Waals surface area contributed by atoms with Gasteiger partial charge in [0.1, 0.15) is 6.04 Å². The number of carbonyl (C=O) groups is 2. The fourth-order valence-corrected chi connectivity index (χ4v) is 3.38. The van der Waals surface area contributed by atoms with Gasteiger partial charge in [-0.05, 0) is 32.4 Å². The minimum atomic E-state index is -0.662. The van der Waals surface area contributed by atoms with Gasteiger partial charge in [0, 0.05) is 25.7 Å². The molecule has 3 N–H and O–H groups in total. The summed E-state index contributed by atoms with van der Waals surface area (Å²) in [5.41, 5.74) is 6.31. The number of likely N-dealkylation sites (tertiary alicyclic amines) is 1. The third-order valence-electron chi connectivity index (χ3n) is 4.76. The summed E-state index contributed by atoms with van der Waals surface area (Å²) in [6.07, 6.45) is 0.382. The van der Waals surface area contributed by atoms with Crippen LogP contribution in [0.3, 0.4) is 0 Å². The van der Waals surface area contributed by atoms with E-state index in [1.807, 2.05) is 13.8 Å². The number of fused-ring (bicyclic) bond motifs is 1. The summed E-state index contributed by atoms with van der Waals surface area (Å²) in [6, 6.07) is 6.03. The maximum Gasteiger partial charge on any atom is 0.280 e. The van der Waals surface area contributed by atoms with Crippen LogP contribution in [-0.4, -0.2) is 63.3 Å². The lowest BCUT2D eigenvalue weighted by molar-refractivity contribution is -0.134. The Morgan fingerprint density at radius 2 is 2.00 bits per heavy atom. The van der Waals surface area contributed by atoms with Crippen LogP contribution in [0.2, 0.25) is 0 Å². The van der Waals surface area contributed by atoms with Gasteiger partial charge in [0.25, 0.3) is 11.5 Å². The zero-order valence-corrected chi connectivity index (χ0v) is 14.9. The van der Waals surface area contributed by atoms with Crippen molar-refractivity contribution in [3.05, 3.63) is 40.3 Å². The normalized spacial score (nSPS) is 19.7. The average molecular weight is 357 g/mol. The number of hydrogen-bond acceptors (Lipinski definition) is 5. The summed E-state index contributed by atoms with van der Waals surface area (Å²) in [5.74, 6) is -0.705. The first-order chi connectivity index (χ1) is 12.5. The highest BCUT2D eigenvalue weighted by molar-refractivity contribution is 5.97. The fraction of sp³-hybridized carbons (Fsp3) is 0.444. The molecule has 0 radical (unpaired) electrons. The summed E-state index contributed by atoms with van der Waals surface area (Å²) >= 11 is 0. The second kappa shape index (κ2) is 7.25. The van der Waals surface area contributed by atoms with Crippen LogP contribution in [0, 0.1) is 0 Å². The van der Waals surface area contributed by atoms with E-state index in [0.29, 0.717) is 30.5 Å². The molecule has 1 aromatic heterocycles. The Morgan fingerprint density at radius 1 is 1.31 bits per heavy atom. The molecule has 2 aromatic rings. The van der Waals surface area contributed by atoms with Gasteiger partial charge < -0.3 is 20.5 Å². The minimum Gasteiger partial charge on any atom is -0.341 e. The zero-order chi connectivity index (χ0) is 18.8. The van der Waals surface area contributed by atoms with Gasteiger partial charge in [-0.3, -0.25) is 14.4 Å². The van der Waals surface area contributed by atoms with Crippen molar-refractivity contribution in [2.75, 3.05) is 19.6 Å². The second-order valence-corrected chi connectivity index (χ2v) is 6.41. The van der Waals surface area contributed by atoms with Crippen LogP contribution in [0.4, 0.5) is 0 Å². The van der Waals surface area contributed by atoms with E-state index in [1.165, 1.54) is 4.90 Å². The zero-order valence-electron chi connectivity index (χ0n) is 14.9. The molecule has 26 heavy (non-hydrogen) atoms. The maximum atomic E-state index is 13.0. The first kappa shape index (κ1) is 18.1. The number of para-hydroxylation sites is 2. The molecule has 2 atom stereocenters. The summed E-state index contributed by atoms with van der Waals surface area (Å²) in [4.78, 5) is 48.0. The summed E-state index contributed by atoms with van der Waals surface area (Å²) in [7, 11) is 0. The molecule has 1 aromatic carbocycles. The molecule has 3 rings (SSSR count). The number of amides is 2. The van der Waals surface area contributed by atoms with Gasteiger partial charge >= 0.3 is 0 Å². The molecule has 1 aliphatic rings. The van der Waals surface area contributed by atoms with Gasteiger partial charge in [-0.1, -0.05) is 12.1 Å². The van der Waals surface area contributed by atoms with Crippen LogP contribution in [0.1, 0.15) is 30.8 Å². The summed E-state index contributed by atoms with van der Waals surface area (Å²) in [6.45, 7) is 5.11. The lowest BCUT2D eigenvalue weighted by atomic mass is 10.1. The van der Waals surface area contributed by atoms with Crippen molar-refractivity contribution in [1.29, 1.82) is 0 Å². The highest BCUT2D eigenvalue weighted by Gasteiger charge is 2.41. The van der Waals surface area contributed by atoms with Crippen LogP contribution in [0.25, 0.3) is 11.0 Å². The minimum absolute atomic E-state index is 0.145. The van der Waals surface area contributed by atoms with E-state index in [4.69, 9.17) is 5.73 Å². The Kier molecular flexibility index (Phi) is 5.03. The number of aromatic amines is 1. The number of likely N-dealkylation sites (N-methyl/N-ethyl adjacent to an activating group) is 1. The van der Waals surface area contributed by atoms with Gasteiger partial charge in [0.05, 0.1) is 11.0 Å². The van der Waals surface area contributed by atoms with Crippen LogP contribution in [0.15, 0.2) is 29.1 Å². The summed E-state index contributed by atoms with van der Waals surface area (Å²) in [5, 5.41) is 0. The Balaban J connectivity index is 1.96. The van der Waals surface area contributed by atoms with Crippen LogP contribution in [0.5, 0.6) is 0 Å². The molecule has 2 heterocycles. The molecule has 2 amide bonds. The number of benzene rings is 1. The number of nitrogens with zero attached hydrogens (tertiary/aromatic N) is 3. The Hall–Kier alpha value is -2.74. The molecule has 0 bridgehead atoms. The smallest absolute Gasteiger partial charge is 0.280 e. The number of H-pyrrole nitrogens is 1. The number of nitrogens with one attached hydrogen (secondary N) is 1. The maximum absolute atomic E-state index is 13.0. The molecule has 8 heteroatoms. The highest BCUT2D eigenvalue weighted by Crippen LogP contribution is 2.21. The lowest BCUT2D eigenvalue weighted by Gasteiger charge is -2.28. The van der Waals surface area contributed by atoms with E-state index in [1.54, 1.807) is 29.2 Å². The van der Waals surface area contributed by atoms with Gasteiger partial charge in [0.2, 0.25) is 5.91 Å². The summed E-state index contributed by atoms with van der Waals surface area (Å²) < 4.78 is 0. The van der Waals surface area contributed by atoms with Gasteiger partial charge in [-0.2, -0.15) is 0 Å². The SMILES string of the molecule is CCN(CC)C(=O)[C@@H]1C[C@@H](N)CN1C(=O)c1nc2ccccc2[nH]c1=O. The molecule has 1 saturated heterocycles. The number of hydrogen-bond donors (Lipinski definition) is 2. The standard InChI is InChI=1S/C18H23N5O3/c1-3-22(4-2)17(25)14-9-11(19)10-23(14)18(26)15-16(24)21-13-8-6-5-7-12(13)20-15/h5-8,11,14H,3-4,9-10,19H2,1-2H3,(H,21,24)/t11-,14+/m1/s1. The first-order valence-electron chi connectivity index (χ1n) is 8.80. The van der Waals surface area contributed by atoms with Crippen molar-refractivity contribution in [2.45, 2.75) is 32.4 Å². The predicted molar refractivity (Wildman–Crippen MR) is 97.7 cm³/mol. The van der Waals surface area contributed by atoms with E-state index in [0.717, 1.165) is 0 Å². The van der Waals surface area contributed by atoms with Crippen molar-refractivity contribution < 1.29 is 9.59 Å². The third kappa shape index (κ3) is 3.20. The second-order valence-electron chi connectivity index (χ2n) is 6.41.